The molecule has 1 aromatic carbocycles. The van der Waals surface area contributed by atoms with E-state index in [-0.39, 0.29) is 0 Å². The Balaban J connectivity index is 2.09. The highest BCUT2D eigenvalue weighted by Gasteiger charge is 2.26. The van der Waals surface area contributed by atoms with Crippen LogP contribution in [-0.2, 0) is 6.54 Å². The molecular weight excluding hydrogens is 280 g/mol. The number of hydrogen-bond acceptors (Lipinski definition) is 2. The minimum atomic E-state index is -0.864. The molecular formula is C14H15F2N3S. The highest BCUT2D eigenvalue weighted by atomic mass is 32.1. The predicted octanol–water partition coefficient (Wildman–Crippen LogP) is 3.26. The molecule has 0 atom stereocenters. The van der Waals surface area contributed by atoms with Crippen LogP contribution in [0.2, 0.25) is 0 Å². The van der Waals surface area contributed by atoms with Gasteiger partial charge in [-0.2, -0.15) is 0 Å². The number of thiocarbonyl (C=S) groups is 1. The molecule has 1 aliphatic rings. The molecule has 0 saturated heterocycles. The van der Waals surface area contributed by atoms with Crippen LogP contribution in [0.5, 0.6) is 0 Å². The number of aryl methyl sites for hydroxylation is 1. The molecule has 106 valence electrons. The minimum absolute atomic E-state index is 0.375. The second-order valence-electron chi connectivity index (χ2n) is 5.22. The zero-order valence-corrected chi connectivity index (χ0v) is 11.7. The van der Waals surface area contributed by atoms with Crippen LogP contribution < -0.4 is 5.73 Å². The Kier molecular flexibility index (Phi) is 3.41. The highest BCUT2D eigenvalue weighted by Crippen LogP contribution is 2.37. The lowest BCUT2D eigenvalue weighted by atomic mass is 9.85. The van der Waals surface area contributed by atoms with Crippen molar-refractivity contribution < 1.29 is 8.78 Å². The fourth-order valence-electron chi connectivity index (χ4n) is 2.57. The number of imidazole rings is 1. The smallest absolute Gasteiger partial charge is 0.161 e. The summed E-state index contributed by atoms with van der Waals surface area (Å²) in [5.41, 5.74) is 6.65. The summed E-state index contributed by atoms with van der Waals surface area (Å²) >= 11 is 4.90. The molecule has 6 heteroatoms. The Bertz CT molecular complexity index is 677. The normalized spacial score (nSPS) is 15.5. The molecule has 0 aliphatic heterocycles. The Labute approximate surface area is 120 Å². The lowest BCUT2D eigenvalue weighted by molar-refractivity contribution is 0.389. The predicted molar refractivity (Wildman–Crippen MR) is 77.6 cm³/mol. The van der Waals surface area contributed by atoms with Crippen molar-refractivity contribution in [3.63, 3.8) is 0 Å². The summed E-state index contributed by atoms with van der Waals surface area (Å²) < 4.78 is 28.7. The van der Waals surface area contributed by atoms with Gasteiger partial charge < -0.3 is 10.3 Å². The first-order valence-electron chi connectivity index (χ1n) is 6.69. The summed E-state index contributed by atoms with van der Waals surface area (Å²) in [4.78, 5) is 4.90. The molecule has 1 aliphatic carbocycles. The van der Waals surface area contributed by atoms with Gasteiger partial charge in [-0.15, -0.1) is 0 Å². The first-order valence-corrected chi connectivity index (χ1v) is 7.10. The molecule has 3 nitrogen and oxygen atoms in total. The quantitative estimate of drug-likeness (QED) is 0.881. The summed E-state index contributed by atoms with van der Waals surface area (Å²) in [6.07, 6.45) is 3.84. The molecule has 0 amide bonds. The van der Waals surface area contributed by atoms with Crippen molar-refractivity contribution in [3.05, 3.63) is 29.6 Å². The van der Waals surface area contributed by atoms with Crippen molar-refractivity contribution in [2.75, 3.05) is 0 Å². The number of nitrogens with two attached hydrogens (primary N) is 1. The third-order valence-electron chi connectivity index (χ3n) is 3.87. The molecule has 1 heterocycles. The molecule has 20 heavy (non-hydrogen) atoms. The van der Waals surface area contributed by atoms with Gasteiger partial charge in [0.05, 0.1) is 16.0 Å². The average Bonchev–Trinajstić information content (AvgIpc) is 2.63. The van der Waals surface area contributed by atoms with E-state index in [1.165, 1.54) is 12.5 Å². The van der Waals surface area contributed by atoms with Gasteiger partial charge in [0.25, 0.3) is 0 Å². The first kappa shape index (κ1) is 13.4. The van der Waals surface area contributed by atoms with E-state index < -0.39 is 11.6 Å². The molecule has 0 radical (unpaired) electrons. The Hall–Kier alpha value is -1.56. The molecule has 1 saturated carbocycles. The number of aromatic nitrogens is 2. The zero-order valence-electron chi connectivity index (χ0n) is 10.9. The molecule has 3 rings (SSSR count). The van der Waals surface area contributed by atoms with Gasteiger partial charge in [-0.3, -0.25) is 0 Å². The summed E-state index contributed by atoms with van der Waals surface area (Å²) in [5.74, 6) is -0.446. The van der Waals surface area contributed by atoms with Gasteiger partial charge in [0, 0.05) is 31.0 Å². The van der Waals surface area contributed by atoms with Crippen LogP contribution in [-0.4, -0.2) is 14.5 Å². The first-order chi connectivity index (χ1) is 9.56. The van der Waals surface area contributed by atoms with Gasteiger partial charge in [-0.05, 0) is 12.8 Å². The maximum absolute atomic E-state index is 13.5. The number of nitrogens with zero attached hydrogens (tertiary/aromatic N) is 2. The standard InChI is InChI=1S/C14H15F2N3S/c15-9-6-11-12(7-10(9)16)19(5-4-13(17)20)14(18-11)8-2-1-3-8/h6-8H,1-5H2,(H2,17,20). The fraction of sp³-hybridized carbons (Fsp3) is 0.429. The van der Waals surface area contributed by atoms with E-state index in [1.807, 2.05) is 4.57 Å². The maximum Gasteiger partial charge on any atom is 0.161 e. The van der Waals surface area contributed by atoms with Crippen LogP contribution in [0.25, 0.3) is 11.0 Å². The number of rotatable bonds is 4. The van der Waals surface area contributed by atoms with E-state index in [9.17, 15) is 8.78 Å². The van der Waals surface area contributed by atoms with Crippen molar-refractivity contribution in [2.24, 2.45) is 5.73 Å². The van der Waals surface area contributed by atoms with Crippen LogP contribution in [0.4, 0.5) is 8.78 Å². The lowest BCUT2D eigenvalue weighted by Gasteiger charge is -2.25. The van der Waals surface area contributed by atoms with Crippen molar-refractivity contribution in [1.29, 1.82) is 0 Å². The average molecular weight is 295 g/mol. The Morgan fingerprint density at radius 3 is 2.65 bits per heavy atom. The van der Waals surface area contributed by atoms with E-state index in [2.05, 4.69) is 4.98 Å². The summed E-state index contributed by atoms with van der Waals surface area (Å²) in [5, 5.41) is 0. The largest absolute Gasteiger partial charge is 0.393 e. The lowest BCUT2D eigenvalue weighted by Crippen LogP contribution is -2.18. The van der Waals surface area contributed by atoms with E-state index in [4.69, 9.17) is 18.0 Å². The maximum atomic E-state index is 13.5. The topological polar surface area (TPSA) is 43.8 Å². The minimum Gasteiger partial charge on any atom is -0.393 e. The van der Waals surface area contributed by atoms with Gasteiger partial charge >= 0.3 is 0 Å². The summed E-state index contributed by atoms with van der Waals surface area (Å²) in [6.45, 7) is 0.558. The van der Waals surface area contributed by atoms with E-state index in [0.717, 1.165) is 24.7 Å². The van der Waals surface area contributed by atoms with Gasteiger partial charge in [0.2, 0.25) is 0 Å². The van der Waals surface area contributed by atoms with Crippen LogP contribution >= 0.6 is 12.2 Å². The SMILES string of the molecule is NC(=S)CCn1c(C2CCC2)nc2cc(F)c(F)cc21. The van der Waals surface area contributed by atoms with Gasteiger partial charge in [0.15, 0.2) is 11.6 Å². The molecule has 1 fully saturated rings. The van der Waals surface area contributed by atoms with Crippen molar-refractivity contribution in [2.45, 2.75) is 38.1 Å². The van der Waals surface area contributed by atoms with Crippen LogP contribution in [0.15, 0.2) is 12.1 Å². The van der Waals surface area contributed by atoms with E-state index in [1.54, 1.807) is 0 Å². The third-order valence-corrected chi connectivity index (χ3v) is 4.08. The molecule has 0 spiro atoms. The third kappa shape index (κ3) is 2.28. The Morgan fingerprint density at radius 2 is 2.05 bits per heavy atom. The number of fused-ring (bicyclic) bond motifs is 1. The van der Waals surface area contributed by atoms with Crippen LogP contribution in [0.3, 0.4) is 0 Å². The second kappa shape index (κ2) is 5.09. The fourth-order valence-corrected chi connectivity index (χ4v) is 2.67. The molecule has 2 aromatic rings. The monoisotopic (exact) mass is 295 g/mol. The van der Waals surface area contributed by atoms with Crippen molar-refractivity contribution in [1.82, 2.24) is 9.55 Å². The number of hydrogen-bond donors (Lipinski definition) is 1. The molecule has 1 aromatic heterocycles. The van der Waals surface area contributed by atoms with Crippen LogP contribution in [0.1, 0.15) is 37.4 Å². The van der Waals surface area contributed by atoms with E-state index >= 15 is 0 Å². The number of halogens is 2. The molecule has 0 unspecified atom stereocenters. The summed E-state index contributed by atoms with van der Waals surface area (Å²) in [7, 11) is 0. The van der Waals surface area contributed by atoms with E-state index in [0.29, 0.717) is 34.9 Å². The second-order valence-corrected chi connectivity index (χ2v) is 5.75. The highest BCUT2D eigenvalue weighted by molar-refractivity contribution is 7.80. The van der Waals surface area contributed by atoms with Gasteiger partial charge in [-0.1, -0.05) is 18.6 Å². The number of benzene rings is 1. The molecule has 2 N–H and O–H groups in total. The van der Waals surface area contributed by atoms with Crippen molar-refractivity contribution >= 4 is 28.2 Å². The van der Waals surface area contributed by atoms with Crippen molar-refractivity contribution in [3.8, 4) is 0 Å². The van der Waals surface area contributed by atoms with Gasteiger partial charge in [-0.25, -0.2) is 13.8 Å². The van der Waals surface area contributed by atoms with Gasteiger partial charge in [0.1, 0.15) is 5.82 Å². The Morgan fingerprint density at radius 1 is 1.35 bits per heavy atom. The summed E-state index contributed by atoms with van der Waals surface area (Å²) in [6, 6.07) is 2.36. The van der Waals surface area contributed by atoms with Crippen LogP contribution in [0, 0.1) is 11.6 Å². The zero-order chi connectivity index (χ0) is 14.3. The molecule has 0 bridgehead atoms.